The first-order valence-electron chi connectivity index (χ1n) is 6.30. The van der Waals surface area contributed by atoms with Crippen LogP contribution in [0.2, 0.25) is 5.15 Å². The second-order valence-corrected chi connectivity index (χ2v) is 4.94. The van der Waals surface area contributed by atoms with E-state index in [9.17, 15) is 4.79 Å². The Balaban J connectivity index is 2.01. The van der Waals surface area contributed by atoms with Crippen molar-refractivity contribution in [2.45, 2.75) is 19.4 Å². The molecule has 1 amide bonds. The number of hydrogen-bond donors (Lipinski definition) is 2. The van der Waals surface area contributed by atoms with Gasteiger partial charge in [-0.3, -0.25) is 4.79 Å². The van der Waals surface area contributed by atoms with Gasteiger partial charge >= 0.3 is 0 Å². The average Bonchev–Trinajstić information content (AvgIpc) is 2.43. The van der Waals surface area contributed by atoms with E-state index >= 15 is 0 Å². The number of carbonyl (C=O) groups is 1. The first-order valence-corrected chi connectivity index (χ1v) is 6.67. The molecular weight excluding hydrogens is 274 g/mol. The Labute approximate surface area is 123 Å². The molecule has 0 radical (unpaired) electrons. The minimum atomic E-state index is -0.604. The van der Waals surface area contributed by atoms with Gasteiger partial charge in [-0.2, -0.15) is 0 Å². The van der Waals surface area contributed by atoms with E-state index < -0.39 is 6.04 Å². The van der Waals surface area contributed by atoms with E-state index in [1.54, 1.807) is 19.1 Å². The molecule has 4 nitrogen and oxygen atoms in total. The van der Waals surface area contributed by atoms with Gasteiger partial charge in [0.1, 0.15) is 5.15 Å². The summed E-state index contributed by atoms with van der Waals surface area (Å²) in [5.41, 5.74) is 8.24. The third-order valence-corrected chi connectivity index (χ3v) is 3.16. The van der Waals surface area contributed by atoms with Crippen molar-refractivity contribution >= 4 is 23.2 Å². The molecule has 0 aliphatic rings. The van der Waals surface area contributed by atoms with Crippen LogP contribution in [0.3, 0.4) is 0 Å². The number of aryl methyl sites for hydroxylation is 1. The molecule has 5 heteroatoms. The first-order chi connectivity index (χ1) is 9.56. The highest BCUT2D eigenvalue weighted by Gasteiger charge is 2.15. The Kier molecular flexibility index (Phi) is 4.71. The molecule has 0 aliphatic heterocycles. The first kappa shape index (κ1) is 14.5. The number of nitrogens with one attached hydrogen (secondary N) is 1. The van der Waals surface area contributed by atoms with Crippen LogP contribution < -0.4 is 11.1 Å². The Morgan fingerprint density at radius 1 is 1.30 bits per heavy atom. The lowest BCUT2D eigenvalue weighted by Gasteiger charge is -2.13. The number of halogens is 1. The molecule has 1 heterocycles. The van der Waals surface area contributed by atoms with Crippen LogP contribution in [0.5, 0.6) is 0 Å². The van der Waals surface area contributed by atoms with Crippen LogP contribution in [0.1, 0.15) is 11.3 Å². The molecule has 20 heavy (non-hydrogen) atoms. The summed E-state index contributed by atoms with van der Waals surface area (Å²) in [6, 6.07) is 12.4. The summed E-state index contributed by atoms with van der Waals surface area (Å²) in [5, 5.41) is 3.17. The number of rotatable bonds is 4. The van der Waals surface area contributed by atoms with E-state index in [-0.39, 0.29) is 5.91 Å². The van der Waals surface area contributed by atoms with Crippen LogP contribution in [0.4, 0.5) is 5.69 Å². The standard InChI is InChI=1S/C15H16ClN3O/c1-10-13(7-8-14(16)18-10)19-15(20)12(17)9-11-5-3-2-4-6-11/h2-8,12H,9,17H2,1H3,(H,19,20)/t12-/m0/s1. The van der Waals surface area contributed by atoms with Crippen molar-refractivity contribution in [1.29, 1.82) is 0 Å². The van der Waals surface area contributed by atoms with Crippen LogP contribution in [0.25, 0.3) is 0 Å². The molecule has 2 aromatic rings. The maximum absolute atomic E-state index is 12.1. The molecule has 1 aromatic heterocycles. The Morgan fingerprint density at radius 3 is 2.65 bits per heavy atom. The molecule has 0 saturated carbocycles. The topological polar surface area (TPSA) is 68.0 Å². The van der Waals surface area contributed by atoms with Crippen molar-refractivity contribution in [2.24, 2.45) is 5.73 Å². The van der Waals surface area contributed by atoms with E-state index in [4.69, 9.17) is 17.3 Å². The zero-order chi connectivity index (χ0) is 14.5. The van der Waals surface area contributed by atoms with Gasteiger partial charge in [0, 0.05) is 0 Å². The van der Waals surface area contributed by atoms with E-state index in [0.29, 0.717) is 23.0 Å². The number of pyridine rings is 1. The highest BCUT2D eigenvalue weighted by atomic mass is 35.5. The van der Waals surface area contributed by atoms with Crippen molar-refractivity contribution < 1.29 is 4.79 Å². The number of benzene rings is 1. The van der Waals surface area contributed by atoms with Crippen molar-refractivity contribution in [2.75, 3.05) is 5.32 Å². The van der Waals surface area contributed by atoms with E-state index in [2.05, 4.69) is 10.3 Å². The van der Waals surface area contributed by atoms with Crippen LogP contribution >= 0.6 is 11.6 Å². The number of anilines is 1. The van der Waals surface area contributed by atoms with Crippen LogP contribution in [-0.2, 0) is 11.2 Å². The van der Waals surface area contributed by atoms with Gasteiger partial charge in [-0.1, -0.05) is 41.9 Å². The molecule has 2 rings (SSSR count). The van der Waals surface area contributed by atoms with Gasteiger partial charge < -0.3 is 11.1 Å². The molecule has 0 spiro atoms. The van der Waals surface area contributed by atoms with E-state index in [0.717, 1.165) is 5.56 Å². The highest BCUT2D eigenvalue weighted by Crippen LogP contribution is 2.16. The van der Waals surface area contributed by atoms with Crippen LogP contribution in [0, 0.1) is 6.92 Å². The molecule has 0 fully saturated rings. The van der Waals surface area contributed by atoms with Crippen molar-refractivity contribution in [3.63, 3.8) is 0 Å². The predicted octanol–water partition coefficient (Wildman–Crippen LogP) is 2.55. The van der Waals surface area contributed by atoms with Gasteiger partial charge in [0.25, 0.3) is 0 Å². The summed E-state index contributed by atoms with van der Waals surface area (Å²) in [7, 11) is 0. The molecule has 0 unspecified atom stereocenters. The number of carbonyl (C=O) groups excluding carboxylic acids is 1. The van der Waals surface area contributed by atoms with Gasteiger partial charge in [-0.15, -0.1) is 0 Å². The molecule has 104 valence electrons. The van der Waals surface area contributed by atoms with Crippen LogP contribution in [0.15, 0.2) is 42.5 Å². The third kappa shape index (κ3) is 3.79. The summed E-state index contributed by atoms with van der Waals surface area (Å²) < 4.78 is 0. The molecule has 0 bridgehead atoms. The van der Waals surface area contributed by atoms with Crippen molar-refractivity contribution in [1.82, 2.24) is 4.98 Å². The fourth-order valence-electron chi connectivity index (χ4n) is 1.85. The average molecular weight is 290 g/mol. The third-order valence-electron chi connectivity index (χ3n) is 2.94. The molecule has 3 N–H and O–H groups in total. The number of aromatic nitrogens is 1. The maximum Gasteiger partial charge on any atom is 0.241 e. The molecule has 0 saturated heterocycles. The Hall–Kier alpha value is -1.91. The van der Waals surface area contributed by atoms with Gasteiger partial charge in [-0.25, -0.2) is 4.98 Å². The lowest BCUT2D eigenvalue weighted by Crippen LogP contribution is -2.37. The molecule has 1 atom stereocenters. The zero-order valence-electron chi connectivity index (χ0n) is 11.1. The zero-order valence-corrected chi connectivity index (χ0v) is 11.9. The van der Waals surface area contributed by atoms with Gasteiger partial charge in [0.05, 0.1) is 17.4 Å². The monoisotopic (exact) mass is 289 g/mol. The SMILES string of the molecule is Cc1nc(Cl)ccc1NC(=O)[C@@H](N)Cc1ccccc1. The van der Waals surface area contributed by atoms with Crippen LogP contribution in [-0.4, -0.2) is 16.9 Å². The minimum absolute atomic E-state index is 0.235. The van der Waals surface area contributed by atoms with E-state index in [1.165, 1.54) is 0 Å². The van der Waals surface area contributed by atoms with Crippen molar-refractivity contribution in [3.05, 3.63) is 58.9 Å². The second-order valence-electron chi connectivity index (χ2n) is 4.55. The Morgan fingerprint density at radius 2 is 2.00 bits per heavy atom. The summed E-state index contributed by atoms with van der Waals surface area (Å²) in [6.07, 6.45) is 0.493. The summed E-state index contributed by atoms with van der Waals surface area (Å²) in [4.78, 5) is 16.1. The van der Waals surface area contributed by atoms with E-state index in [1.807, 2.05) is 30.3 Å². The normalized spacial score (nSPS) is 11.9. The highest BCUT2D eigenvalue weighted by molar-refractivity contribution is 6.29. The second kappa shape index (κ2) is 6.50. The minimum Gasteiger partial charge on any atom is -0.323 e. The quantitative estimate of drug-likeness (QED) is 0.850. The smallest absolute Gasteiger partial charge is 0.241 e. The largest absolute Gasteiger partial charge is 0.323 e. The lowest BCUT2D eigenvalue weighted by molar-refractivity contribution is -0.117. The number of amides is 1. The molecule has 0 aliphatic carbocycles. The molecular formula is C15H16ClN3O. The number of nitrogens with zero attached hydrogens (tertiary/aromatic N) is 1. The Bertz CT molecular complexity index is 601. The lowest BCUT2D eigenvalue weighted by atomic mass is 10.1. The summed E-state index contributed by atoms with van der Waals surface area (Å²) >= 11 is 5.77. The number of nitrogens with two attached hydrogens (primary N) is 1. The van der Waals surface area contributed by atoms with Crippen molar-refractivity contribution in [3.8, 4) is 0 Å². The summed E-state index contributed by atoms with van der Waals surface area (Å²) in [5.74, 6) is -0.235. The molecule has 1 aromatic carbocycles. The fourth-order valence-corrected chi connectivity index (χ4v) is 2.04. The van der Waals surface area contributed by atoms with Gasteiger partial charge in [0.2, 0.25) is 5.91 Å². The summed E-state index contributed by atoms with van der Waals surface area (Å²) in [6.45, 7) is 1.78. The number of hydrogen-bond acceptors (Lipinski definition) is 3. The fraction of sp³-hybridized carbons (Fsp3) is 0.200. The van der Waals surface area contributed by atoms with Gasteiger partial charge in [0.15, 0.2) is 0 Å². The predicted molar refractivity (Wildman–Crippen MR) is 80.7 cm³/mol. The maximum atomic E-state index is 12.1. The van der Waals surface area contributed by atoms with Gasteiger partial charge in [-0.05, 0) is 31.0 Å².